The van der Waals surface area contributed by atoms with Crippen LogP contribution in [-0.2, 0) is 17.7 Å². The summed E-state index contributed by atoms with van der Waals surface area (Å²) in [6.45, 7) is 2.83. The minimum Gasteiger partial charge on any atom is -0.381 e. The van der Waals surface area contributed by atoms with Crippen LogP contribution >= 0.6 is 0 Å². The Bertz CT molecular complexity index is 430. The van der Waals surface area contributed by atoms with E-state index < -0.39 is 0 Å². The van der Waals surface area contributed by atoms with Crippen molar-refractivity contribution in [1.29, 1.82) is 0 Å². The van der Waals surface area contributed by atoms with Crippen molar-refractivity contribution in [3.63, 3.8) is 0 Å². The average molecular weight is 247 g/mol. The molecule has 0 amide bonds. The largest absolute Gasteiger partial charge is 0.381 e. The van der Waals surface area contributed by atoms with Crippen molar-refractivity contribution in [2.45, 2.75) is 45.1 Å². The molecular weight excluding hydrogens is 226 g/mol. The van der Waals surface area contributed by atoms with Gasteiger partial charge in [-0.05, 0) is 43.6 Å². The fourth-order valence-electron chi connectivity index (χ4n) is 3.07. The van der Waals surface area contributed by atoms with Crippen LogP contribution in [0.15, 0.2) is 12.4 Å². The van der Waals surface area contributed by atoms with Crippen molar-refractivity contribution in [3.8, 4) is 0 Å². The standard InChI is InChI=1S/C15H21NO2/c17-15-4-2-1-3-13-10-16(11-14(13)15)9-12-5-7-18-8-6-12/h10-12H,1-9H2. The highest BCUT2D eigenvalue weighted by molar-refractivity contribution is 5.97. The van der Waals surface area contributed by atoms with Gasteiger partial charge in [0.25, 0.3) is 0 Å². The van der Waals surface area contributed by atoms with Crippen LogP contribution in [0.1, 0.15) is 48.0 Å². The Hall–Kier alpha value is -1.09. The summed E-state index contributed by atoms with van der Waals surface area (Å²) in [5.74, 6) is 1.05. The number of ketones is 1. The molecule has 98 valence electrons. The molecule has 1 aliphatic carbocycles. The van der Waals surface area contributed by atoms with Crippen molar-refractivity contribution in [3.05, 3.63) is 23.5 Å². The maximum atomic E-state index is 12.0. The molecule has 3 heteroatoms. The summed E-state index contributed by atoms with van der Waals surface area (Å²) in [7, 11) is 0. The SMILES string of the molecule is O=C1CCCCc2cn(CC3CCOCC3)cc21. The van der Waals surface area contributed by atoms with Crippen molar-refractivity contribution >= 4 is 5.78 Å². The van der Waals surface area contributed by atoms with Gasteiger partial charge in [-0.25, -0.2) is 0 Å². The lowest BCUT2D eigenvalue weighted by atomic mass is 10.0. The van der Waals surface area contributed by atoms with Crippen LogP contribution in [0.5, 0.6) is 0 Å². The Morgan fingerprint density at radius 1 is 1.17 bits per heavy atom. The zero-order valence-corrected chi connectivity index (χ0v) is 10.9. The van der Waals surface area contributed by atoms with Crippen LogP contribution in [-0.4, -0.2) is 23.6 Å². The topological polar surface area (TPSA) is 31.2 Å². The predicted molar refractivity (Wildman–Crippen MR) is 69.9 cm³/mol. The first-order chi connectivity index (χ1) is 8.83. The van der Waals surface area contributed by atoms with E-state index in [1.54, 1.807) is 0 Å². The maximum absolute atomic E-state index is 12.0. The number of carbonyl (C=O) groups excluding carboxylic acids is 1. The molecule has 2 heterocycles. The van der Waals surface area contributed by atoms with Gasteiger partial charge in [0.2, 0.25) is 0 Å². The third-order valence-electron chi connectivity index (χ3n) is 4.17. The van der Waals surface area contributed by atoms with E-state index >= 15 is 0 Å². The number of rotatable bonds is 2. The fourth-order valence-corrected chi connectivity index (χ4v) is 3.07. The second-order valence-corrected chi connectivity index (χ2v) is 5.58. The van der Waals surface area contributed by atoms with Gasteiger partial charge in [0.05, 0.1) is 0 Å². The van der Waals surface area contributed by atoms with Gasteiger partial charge in [-0.3, -0.25) is 4.79 Å². The molecule has 1 aromatic heterocycles. The van der Waals surface area contributed by atoms with Crippen LogP contribution in [0.4, 0.5) is 0 Å². The average Bonchev–Trinajstić information content (AvgIpc) is 2.71. The van der Waals surface area contributed by atoms with Crippen molar-refractivity contribution in [2.75, 3.05) is 13.2 Å². The summed E-state index contributed by atoms with van der Waals surface area (Å²) in [6.07, 6.45) is 10.6. The molecule has 3 rings (SSSR count). The van der Waals surface area contributed by atoms with E-state index in [9.17, 15) is 4.79 Å². The molecule has 2 aliphatic rings. The minimum atomic E-state index is 0.341. The molecule has 0 spiro atoms. The number of ether oxygens (including phenoxy) is 1. The maximum Gasteiger partial charge on any atom is 0.164 e. The number of carbonyl (C=O) groups is 1. The van der Waals surface area contributed by atoms with E-state index in [4.69, 9.17) is 4.74 Å². The van der Waals surface area contributed by atoms with Gasteiger partial charge in [-0.1, -0.05) is 0 Å². The normalized spacial score (nSPS) is 21.7. The Kier molecular flexibility index (Phi) is 3.50. The van der Waals surface area contributed by atoms with Crippen molar-refractivity contribution < 1.29 is 9.53 Å². The van der Waals surface area contributed by atoms with Gasteiger partial charge in [0.15, 0.2) is 5.78 Å². The number of Topliss-reactive ketones (excluding diaryl/α,β-unsaturated/α-hetero) is 1. The molecule has 1 aromatic rings. The van der Waals surface area contributed by atoms with Crippen LogP contribution in [0.3, 0.4) is 0 Å². The number of nitrogens with zero attached hydrogens (tertiary/aromatic N) is 1. The lowest BCUT2D eigenvalue weighted by Crippen LogP contribution is -2.19. The highest BCUT2D eigenvalue weighted by atomic mass is 16.5. The first-order valence-electron chi connectivity index (χ1n) is 7.12. The zero-order chi connectivity index (χ0) is 12.4. The molecule has 0 bridgehead atoms. The smallest absolute Gasteiger partial charge is 0.164 e. The third kappa shape index (κ3) is 2.51. The summed E-state index contributed by atoms with van der Waals surface area (Å²) in [6, 6.07) is 0. The quantitative estimate of drug-likeness (QED) is 0.752. The Morgan fingerprint density at radius 3 is 2.78 bits per heavy atom. The first kappa shape index (κ1) is 12.0. The summed E-state index contributed by atoms with van der Waals surface area (Å²) in [5.41, 5.74) is 2.25. The Labute approximate surface area is 108 Å². The van der Waals surface area contributed by atoms with Gasteiger partial charge in [0.1, 0.15) is 0 Å². The van der Waals surface area contributed by atoms with Gasteiger partial charge in [-0.15, -0.1) is 0 Å². The van der Waals surface area contributed by atoms with Gasteiger partial charge in [-0.2, -0.15) is 0 Å². The first-order valence-corrected chi connectivity index (χ1v) is 7.12. The van der Waals surface area contributed by atoms with E-state index in [1.165, 1.54) is 5.56 Å². The molecule has 0 aromatic carbocycles. The van der Waals surface area contributed by atoms with E-state index in [-0.39, 0.29) is 0 Å². The minimum absolute atomic E-state index is 0.341. The number of hydrogen-bond acceptors (Lipinski definition) is 2. The van der Waals surface area contributed by atoms with E-state index in [0.717, 1.165) is 63.8 Å². The predicted octanol–water partition coefficient (Wildman–Crippen LogP) is 2.82. The summed E-state index contributed by atoms with van der Waals surface area (Å²) >= 11 is 0. The van der Waals surface area contributed by atoms with E-state index in [2.05, 4.69) is 17.0 Å². The van der Waals surface area contributed by atoms with Gasteiger partial charge in [0, 0.05) is 44.1 Å². The number of aryl methyl sites for hydroxylation is 1. The highest BCUT2D eigenvalue weighted by Gasteiger charge is 2.19. The molecule has 3 nitrogen and oxygen atoms in total. The van der Waals surface area contributed by atoms with Crippen LogP contribution < -0.4 is 0 Å². The number of hydrogen-bond donors (Lipinski definition) is 0. The summed E-state index contributed by atoms with van der Waals surface area (Å²) in [5, 5.41) is 0. The van der Waals surface area contributed by atoms with Crippen molar-refractivity contribution in [2.24, 2.45) is 5.92 Å². The monoisotopic (exact) mass is 247 g/mol. The van der Waals surface area contributed by atoms with E-state index in [1.807, 2.05) is 0 Å². The second-order valence-electron chi connectivity index (χ2n) is 5.58. The number of aromatic nitrogens is 1. The highest BCUT2D eigenvalue weighted by Crippen LogP contribution is 2.23. The zero-order valence-electron chi connectivity index (χ0n) is 10.9. The molecule has 1 aliphatic heterocycles. The lowest BCUT2D eigenvalue weighted by molar-refractivity contribution is 0.0612. The van der Waals surface area contributed by atoms with Gasteiger partial charge >= 0.3 is 0 Å². The van der Waals surface area contributed by atoms with Crippen LogP contribution in [0, 0.1) is 5.92 Å². The fraction of sp³-hybridized carbons (Fsp3) is 0.667. The molecule has 0 radical (unpaired) electrons. The molecule has 0 N–H and O–H groups in total. The lowest BCUT2D eigenvalue weighted by Gasteiger charge is -2.22. The van der Waals surface area contributed by atoms with Crippen LogP contribution in [0.25, 0.3) is 0 Å². The van der Waals surface area contributed by atoms with Gasteiger partial charge < -0.3 is 9.30 Å². The van der Waals surface area contributed by atoms with Crippen LogP contribution in [0.2, 0.25) is 0 Å². The molecular formula is C15H21NO2. The Balaban J connectivity index is 1.73. The Morgan fingerprint density at radius 2 is 1.94 bits per heavy atom. The molecule has 0 atom stereocenters. The van der Waals surface area contributed by atoms with E-state index in [0.29, 0.717) is 11.7 Å². The van der Waals surface area contributed by atoms with Crippen molar-refractivity contribution in [1.82, 2.24) is 4.57 Å². The summed E-state index contributed by atoms with van der Waals surface area (Å²) < 4.78 is 7.63. The second kappa shape index (κ2) is 5.27. The number of fused-ring (bicyclic) bond motifs is 1. The molecule has 0 saturated carbocycles. The molecule has 1 fully saturated rings. The molecule has 0 unspecified atom stereocenters. The molecule has 18 heavy (non-hydrogen) atoms. The summed E-state index contributed by atoms with van der Waals surface area (Å²) in [4.78, 5) is 12.0. The third-order valence-corrected chi connectivity index (χ3v) is 4.17. The molecule has 1 saturated heterocycles.